The van der Waals surface area contributed by atoms with Crippen LogP contribution in [0.25, 0.3) is 16.1 Å². The quantitative estimate of drug-likeness (QED) is 0.331. The number of hydrogen-bond acceptors (Lipinski definition) is 7. The number of imidazole rings is 1. The molecule has 3 amide bonds. The van der Waals surface area contributed by atoms with Gasteiger partial charge in [0.25, 0.3) is 11.8 Å². The Morgan fingerprint density at radius 1 is 1.15 bits per heavy atom. The molecule has 1 saturated heterocycles. The van der Waals surface area contributed by atoms with Gasteiger partial charge in [-0.3, -0.25) is 14.5 Å². The minimum Gasteiger partial charge on any atom is -0.444 e. The van der Waals surface area contributed by atoms with Crippen LogP contribution in [0.1, 0.15) is 72.7 Å². The second kappa shape index (κ2) is 10.8. The lowest BCUT2D eigenvalue weighted by Crippen LogP contribution is -2.43. The Labute approximate surface area is 225 Å². The van der Waals surface area contributed by atoms with Crippen molar-refractivity contribution in [2.45, 2.75) is 51.7 Å². The third kappa shape index (κ3) is 5.98. The number of nitrogens with one attached hydrogen (secondary N) is 1. The lowest BCUT2D eigenvalue weighted by Gasteiger charge is -2.36. The summed E-state index contributed by atoms with van der Waals surface area (Å²) in [6.45, 7) is 12.9. The van der Waals surface area contributed by atoms with Crippen LogP contribution in [0.15, 0.2) is 42.6 Å². The van der Waals surface area contributed by atoms with Crippen molar-refractivity contribution >= 4 is 29.4 Å². The number of hydrogen-bond donors (Lipinski definition) is 3. The Morgan fingerprint density at radius 2 is 1.87 bits per heavy atom. The van der Waals surface area contributed by atoms with Crippen LogP contribution in [0, 0.1) is 6.57 Å². The predicted octanol–water partition coefficient (Wildman–Crippen LogP) is 4.02. The van der Waals surface area contributed by atoms with Crippen molar-refractivity contribution in [2.24, 2.45) is 5.73 Å². The fourth-order valence-corrected chi connectivity index (χ4v) is 4.39. The number of nitrogens with two attached hydrogens (primary N) is 2. The van der Waals surface area contributed by atoms with Gasteiger partial charge < -0.3 is 21.6 Å². The molecule has 0 spiro atoms. The van der Waals surface area contributed by atoms with Gasteiger partial charge >= 0.3 is 6.09 Å². The van der Waals surface area contributed by atoms with Gasteiger partial charge in [-0.2, -0.15) is 0 Å². The molecule has 12 heteroatoms. The van der Waals surface area contributed by atoms with E-state index in [1.165, 1.54) is 12.3 Å². The first-order valence-electron chi connectivity index (χ1n) is 12.4. The molecule has 0 saturated carbocycles. The average molecular weight is 531 g/mol. The Kier molecular flexibility index (Phi) is 7.53. The fourth-order valence-electron chi connectivity index (χ4n) is 4.39. The van der Waals surface area contributed by atoms with E-state index in [0.29, 0.717) is 35.6 Å². The van der Waals surface area contributed by atoms with E-state index in [1.54, 1.807) is 56.0 Å². The van der Waals surface area contributed by atoms with E-state index in [4.69, 9.17) is 22.9 Å². The summed E-state index contributed by atoms with van der Waals surface area (Å²) in [5, 5.41) is 2.65. The highest BCUT2D eigenvalue weighted by atomic mass is 16.6. The van der Waals surface area contributed by atoms with E-state index in [2.05, 4.69) is 20.1 Å². The summed E-state index contributed by atoms with van der Waals surface area (Å²) in [7, 11) is 0. The molecule has 0 unspecified atom stereocenters. The smallest absolute Gasteiger partial charge is 0.410 e. The summed E-state index contributed by atoms with van der Waals surface area (Å²) >= 11 is 0. The Balaban J connectivity index is 1.63. The number of primary amides is 1. The number of benzene rings is 1. The molecule has 0 aliphatic carbocycles. The fraction of sp³-hybridized carbons (Fsp3) is 0.333. The van der Waals surface area contributed by atoms with Crippen LogP contribution < -0.4 is 16.9 Å². The van der Waals surface area contributed by atoms with Gasteiger partial charge in [-0.05, 0) is 64.3 Å². The lowest BCUT2D eigenvalue weighted by molar-refractivity contribution is 0.00821. The van der Waals surface area contributed by atoms with Crippen LogP contribution in [0.3, 0.4) is 0 Å². The van der Waals surface area contributed by atoms with Crippen LogP contribution in [0.4, 0.5) is 16.3 Å². The first kappa shape index (κ1) is 27.1. The number of ether oxygens (including phenoxy) is 1. The molecule has 1 fully saturated rings. The van der Waals surface area contributed by atoms with Crippen molar-refractivity contribution in [2.75, 3.05) is 17.7 Å². The molecule has 3 aromatic rings. The number of likely N-dealkylation sites (tertiary alicyclic amines) is 1. The van der Waals surface area contributed by atoms with Crippen LogP contribution in [0.5, 0.6) is 0 Å². The van der Waals surface area contributed by atoms with Gasteiger partial charge in [-0.1, -0.05) is 12.1 Å². The number of carbonyl (C=O) groups is 3. The first-order chi connectivity index (χ1) is 18.5. The zero-order valence-corrected chi connectivity index (χ0v) is 22.0. The topological polar surface area (TPSA) is 163 Å². The van der Waals surface area contributed by atoms with Crippen molar-refractivity contribution in [1.82, 2.24) is 19.5 Å². The van der Waals surface area contributed by atoms with Crippen LogP contribution >= 0.6 is 0 Å². The molecule has 12 nitrogen and oxygen atoms in total. The minimum absolute atomic E-state index is 0.0166. The number of amides is 3. The van der Waals surface area contributed by atoms with E-state index < -0.39 is 29.6 Å². The average Bonchev–Trinajstić information content (AvgIpc) is 3.25. The highest BCUT2D eigenvalue weighted by molar-refractivity contribution is 6.04. The molecule has 4 rings (SSSR count). The van der Waals surface area contributed by atoms with Crippen molar-refractivity contribution in [3.8, 4) is 11.3 Å². The van der Waals surface area contributed by atoms with Gasteiger partial charge in [0.15, 0.2) is 17.2 Å². The summed E-state index contributed by atoms with van der Waals surface area (Å²) in [6.07, 6.45) is 3.19. The standard InChI is InChI=1S/C27H30N8O4/c1-27(2,3)39-26(38)34-14-6-5-7-19(34)24-33-21(22(23(28)36)35(24)29)16-8-10-17(11-9-16)25(37)32-20-15-18(30-4)12-13-31-20/h8-13,15,19H,5-7,14,29H2,1-3H3,(H2,28,36)(H,31,32,37)/t19-/m0/s1. The molecule has 0 radical (unpaired) electrons. The number of carbonyl (C=O) groups excluding carboxylic acids is 3. The SMILES string of the molecule is [C-]#[N+]c1ccnc(NC(=O)c2ccc(-c3nc([C@@H]4CCCCN4C(=O)OC(C)(C)C)n(N)c3C(N)=O)cc2)c1. The molecule has 5 N–H and O–H groups in total. The molecular formula is C27H30N8O4. The molecule has 1 atom stereocenters. The van der Waals surface area contributed by atoms with Crippen LogP contribution in [-0.2, 0) is 4.74 Å². The molecule has 1 aromatic carbocycles. The second-order valence-electron chi connectivity index (χ2n) is 10.1. The van der Waals surface area contributed by atoms with Gasteiger partial charge in [-0.15, -0.1) is 0 Å². The Morgan fingerprint density at radius 3 is 2.51 bits per heavy atom. The van der Waals surface area contributed by atoms with Crippen molar-refractivity contribution in [1.29, 1.82) is 0 Å². The zero-order valence-electron chi connectivity index (χ0n) is 22.0. The Bertz CT molecular complexity index is 1450. The van der Waals surface area contributed by atoms with E-state index in [0.717, 1.165) is 17.5 Å². The van der Waals surface area contributed by atoms with Gasteiger partial charge in [0.05, 0.1) is 12.6 Å². The lowest BCUT2D eigenvalue weighted by atomic mass is 10.0. The third-order valence-corrected chi connectivity index (χ3v) is 6.14. The number of aromatic nitrogens is 3. The number of anilines is 1. The number of rotatable bonds is 5. The minimum atomic E-state index is -0.779. The summed E-state index contributed by atoms with van der Waals surface area (Å²) in [5.41, 5.74) is 6.42. The van der Waals surface area contributed by atoms with Crippen molar-refractivity contribution in [3.63, 3.8) is 0 Å². The Hall–Kier alpha value is -4.92. The highest BCUT2D eigenvalue weighted by Gasteiger charge is 2.36. The molecule has 202 valence electrons. The number of piperidine rings is 1. The molecule has 1 aliphatic rings. The maximum atomic E-state index is 12.9. The number of nitrogens with zero attached hydrogens (tertiary/aromatic N) is 5. The molecule has 0 bridgehead atoms. The largest absolute Gasteiger partial charge is 0.444 e. The predicted molar refractivity (Wildman–Crippen MR) is 144 cm³/mol. The van der Waals surface area contributed by atoms with Gasteiger partial charge in [-0.25, -0.2) is 24.3 Å². The van der Waals surface area contributed by atoms with Crippen LogP contribution in [-0.4, -0.2) is 49.6 Å². The summed E-state index contributed by atoms with van der Waals surface area (Å²) in [6, 6.07) is 8.90. The second-order valence-corrected chi connectivity index (χ2v) is 10.1. The molecular weight excluding hydrogens is 500 g/mol. The highest BCUT2D eigenvalue weighted by Crippen LogP contribution is 2.34. The maximum absolute atomic E-state index is 12.9. The van der Waals surface area contributed by atoms with Gasteiger partial charge in [0, 0.05) is 23.9 Å². The third-order valence-electron chi connectivity index (χ3n) is 6.14. The van der Waals surface area contributed by atoms with Crippen molar-refractivity contribution < 1.29 is 19.1 Å². The summed E-state index contributed by atoms with van der Waals surface area (Å²) in [5.74, 6) is 5.70. The van der Waals surface area contributed by atoms with Gasteiger partial charge in [0.2, 0.25) is 0 Å². The number of pyridine rings is 1. The molecule has 2 aromatic heterocycles. The number of nitrogen functional groups attached to an aromatic ring is 1. The van der Waals surface area contributed by atoms with Crippen LogP contribution in [0.2, 0.25) is 0 Å². The summed E-state index contributed by atoms with van der Waals surface area (Å²) in [4.78, 5) is 51.7. The van der Waals surface area contributed by atoms with E-state index in [1.807, 2.05) is 0 Å². The monoisotopic (exact) mass is 530 g/mol. The summed E-state index contributed by atoms with van der Waals surface area (Å²) < 4.78 is 6.73. The van der Waals surface area contributed by atoms with E-state index in [9.17, 15) is 14.4 Å². The van der Waals surface area contributed by atoms with E-state index in [-0.39, 0.29) is 17.2 Å². The maximum Gasteiger partial charge on any atom is 0.410 e. The zero-order chi connectivity index (χ0) is 28.3. The molecule has 1 aliphatic heterocycles. The molecule has 3 heterocycles. The van der Waals surface area contributed by atoms with Gasteiger partial charge in [0.1, 0.15) is 17.1 Å². The molecule has 39 heavy (non-hydrogen) atoms. The van der Waals surface area contributed by atoms with Crippen molar-refractivity contribution in [3.05, 3.63) is 71.1 Å². The normalized spacial score (nSPS) is 15.3. The first-order valence-corrected chi connectivity index (χ1v) is 12.4. The van der Waals surface area contributed by atoms with E-state index >= 15 is 0 Å².